The molecule has 0 aliphatic carbocycles. The fraction of sp³-hybridized carbons (Fsp3) is 0.176. The van der Waals surface area contributed by atoms with E-state index in [-0.39, 0.29) is 18.9 Å². The molecule has 0 unspecified atom stereocenters. The predicted molar refractivity (Wildman–Crippen MR) is 97.0 cm³/mol. The van der Waals surface area contributed by atoms with E-state index >= 15 is 0 Å². The Hall–Kier alpha value is -2.18. The van der Waals surface area contributed by atoms with E-state index in [0.717, 1.165) is 10.6 Å². The molecule has 3 aromatic rings. The maximum atomic E-state index is 12.2. The van der Waals surface area contributed by atoms with Crippen LogP contribution < -0.4 is 11.1 Å². The van der Waals surface area contributed by atoms with Gasteiger partial charge in [0.15, 0.2) is 5.58 Å². The Morgan fingerprint density at radius 2 is 2.08 bits per heavy atom. The number of amides is 1. The van der Waals surface area contributed by atoms with Gasteiger partial charge in [0.1, 0.15) is 0 Å². The van der Waals surface area contributed by atoms with Crippen molar-refractivity contribution in [3.8, 4) is 0 Å². The van der Waals surface area contributed by atoms with Crippen LogP contribution in [0, 0.1) is 0 Å². The summed E-state index contributed by atoms with van der Waals surface area (Å²) < 4.78 is 6.57. The number of hydrogen-bond donors (Lipinski definition) is 1. The van der Waals surface area contributed by atoms with Crippen molar-refractivity contribution in [2.24, 2.45) is 0 Å². The lowest BCUT2D eigenvalue weighted by atomic mass is 10.3. The highest BCUT2D eigenvalue weighted by molar-refractivity contribution is 7.98. The minimum absolute atomic E-state index is 0.157. The van der Waals surface area contributed by atoms with Crippen LogP contribution in [0.5, 0.6) is 0 Å². The molecule has 1 heterocycles. The van der Waals surface area contributed by atoms with Crippen LogP contribution in [-0.2, 0) is 11.3 Å². The van der Waals surface area contributed by atoms with Gasteiger partial charge >= 0.3 is 5.76 Å². The number of carbonyl (C=O) groups excluding carboxylic acids is 1. The number of anilines is 1. The number of thioether (sulfide) groups is 1. The molecule has 7 heteroatoms. The highest BCUT2D eigenvalue weighted by Crippen LogP contribution is 2.24. The van der Waals surface area contributed by atoms with Crippen LogP contribution in [0.25, 0.3) is 11.1 Å². The minimum atomic E-state index is -0.496. The second-order valence-corrected chi connectivity index (χ2v) is 6.41. The topological polar surface area (TPSA) is 64.2 Å². The molecule has 3 rings (SSSR count). The van der Waals surface area contributed by atoms with Crippen molar-refractivity contribution in [2.75, 3.05) is 11.6 Å². The van der Waals surface area contributed by atoms with Gasteiger partial charge in [-0.2, -0.15) is 0 Å². The fourth-order valence-corrected chi connectivity index (χ4v) is 3.14. The number of aromatic nitrogens is 1. The number of rotatable bonds is 5. The zero-order valence-corrected chi connectivity index (χ0v) is 14.5. The molecule has 2 aromatic carbocycles. The molecule has 1 N–H and O–H groups in total. The zero-order valence-electron chi connectivity index (χ0n) is 12.9. The Labute approximate surface area is 147 Å². The summed E-state index contributed by atoms with van der Waals surface area (Å²) in [6.45, 7) is 0.222. The lowest BCUT2D eigenvalue weighted by Gasteiger charge is -2.09. The average Bonchev–Trinajstić information content (AvgIpc) is 2.88. The van der Waals surface area contributed by atoms with Crippen molar-refractivity contribution in [1.29, 1.82) is 0 Å². The van der Waals surface area contributed by atoms with Gasteiger partial charge in [-0.05, 0) is 36.6 Å². The number of halogens is 1. The molecule has 0 fully saturated rings. The number of para-hydroxylation sites is 1. The maximum absolute atomic E-state index is 12.2. The molecule has 0 aliphatic rings. The first-order valence-corrected chi connectivity index (χ1v) is 8.90. The normalized spacial score (nSPS) is 10.9. The van der Waals surface area contributed by atoms with E-state index in [1.807, 2.05) is 30.5 Å². The summed E-state index contributed by atoms with van der Waals surface area (Å²) in [6, 6.07) is 12.5. The Bertz CT molecular complexity index is 948. The molecule has 5 nitrogen and oxygen atoms in total. The van der Waals surface area contributed by atoms with Crippen molar-refractivity contribution < 1.29 is 9.21 Å². The smallest absolute Gasteiger partial charge is 0.408 e. The Morgan fingerprint density at radius 3 is 2.88 bits per heavy atom. The van der Waals surface area contributed by atoms with Crippen molar-refractivity contribution in [3.63, 3.8) is 0 Å². The predicted octanol–water partition coefficient (Wildman–Crippen LogP) is 4.00. The van der Waals surface area contributed by atoms with E-state index in [0.29, 0.717) is 16.1 Å². The molecule has 1 aromatic heterocycles. The van der Waals surface area contributed by atoms with Gasteiger partial charge < -0.3 is 9.73 Å². The molecule has 1 amide bonds. The van der Waals surface area contributed by atoms with E-state index in [1.54, 1.807) is 30.0 Å². The van der Waals surface area contributed by atoms with Crippen LogP contribution in [-0.4, -0.2) is 16.7 Å². The van der Waals surface area contributed by atoms with Gasteiger partial charge in [-0.25, -0.2) is 4.79 Å². The summed E-state index contributed by atoms with van der Waals surface area (Å²) in [5.74, 6) is -0.663. The van der Waals surface area contributed by atoms with Gasteiger partial charge in [-0.1, -0.05) is 23.7 Å². The molecule has 0 aliphatic heterocycles. The van der Waals surface area contributed by atoms with Crippen molar-refractivity contribution in [3.05, 3.63) is 58.0 Å². The summed E-state index contributed by atoms with van der Waals surface area (Å²) >= 11 is 7.52. The first kappa shape index (κ1) is 16.7. The van der Waals surface area contributed by atoms with Crippen molar-refractivity contribution in [1.82, 2.24) is 4.57 Å². The van der Waals surface area contributed by atoms with Gasteiger partial charge in [0, 0.05) is 22.9 Å². The van der Waals surface area contributed by atoms with Gasteiger partial charge in [0.25, 0.3) is 0 Å². The minimum Gasteiger partial charge on any atom is -0.408 e. The number of nitrogens with zero attached hydrogens (tertiary/aromatic N) is 1. The average molecular weight is 363 g/mol. The van der Waals surface area contributed by atoms with Crippen LogP contribution >= 0.6 is 23.4 Å². The molecule has 0 saturated heterocycles. The second kappa shape index (κ2) is 7.15. The number of carbonyl (C=O) groups is 1. The number of fused-ring (bicyclic) bond motifs is 1. The lowest BCUT2D eigenvalue weighted by Crippen LogP contribution is -2.20. The van der Waals surface area contributed by atoms with Crippen LogP contribution in [0.3, 0.4) is 0 Å². The molecule has 0 bridgehead atoms. The van der Waals surface area contributed by atoms with Crippen LogP contribution in [0.15, 0.2) is 56.6 Å². The number of hydrogen-bond acceptors (Lipinski definition) is 4. The molecular formula is C17H15ClN2O3S. The lowest BCUT2D eigenvalue weighted by molar-refractivity contribution is -0.116. The molecular weight excluding hydrogens is 348 g/mol. The Morgan fingerprint density at radius 1 is 1.29 bits per heavy atom. The first-order chi connectivity index (χ1) is 11.6. The summed E-state index contributed by atoms with van der Waals surface area (Å²) in [7, 11) is 0. The van der Waals surface area contributed by atoms with E-state index in [1.165, 1.54) is 4.57 Å². The van der Waals surface area contributed by atoms with Crippen LogP contribution in [0.1, 0.15) is 6.42 Å². The molecule has 124 valence electrons. The van der Waals surface area contributed by atoms with Gasteiger partial charge in [0.2, 0.25) is 5.91 Å². The van der Waals surface area contributed by atoms with E-state index in [4.69, 9.17) is 16.0 Å². The second-order valence-electron chi connectivity index (χ2n) is 5.13. The zero-order chi connectivity index (χ0) is 17.1. The SMILES string of the molecule is CSc1ccccc1NC(=O)CCn1c(=O)oc2ccc(Cl)cc21. The standard InChI is InChI=1S/C17H15ClN2O3S/c1-24-15-5-3-2-4-12(15)19-16(21)8-9-20-13-10-11(18)6-7-14(13)23-17(20)22/h2-7,10H,8-9H2,1H3,(H,19,21). The number of benzene rings is 2. The highest BCUT2D eigenvalue weighted by Gasteiger charge is 2.12. The van der Waals surface area contributed by atoms with Gasteiger partial charge in [0.05, 0.1) is 11.2 Å². The third-order valence-electron chi connectivity index (χ3n) is 3.57. The quantitative estimate of drug-likeness (QED) is 0.697. The first-order valence-electron chi connectivity index (χ1n) is 7.30. The molecule has 0 spiro atoms. The molecule has 0 radical (unpaired) electrons. The maximum Gasteiger partial charge on any atom is 0.419 e. The van der Waals surface area contributed by atoms with E-state index in [2.05, 4.69) is 5.32 Å². The summed E-state index contributed by atoms with van der Waals surface area (Å²) in [4.78, 5) is 25.1. The summed E-state index contributed by atoms with van der Waals surface area (Å²) in [6.07, 6.45) is 2.11. The number of aryl methyl sites for hydroxylation is 1. The number of oxazole rings is 1. The monoisotopic (exact) mass is 362 g/mol. The summed E-state index contributed by atoms with van der Waals surface area (Å²) in [5, 5.41) is 3.38. The van der Waals surface area contributed by atoms with Crippen LogP contribution in [0.2, 0.25) is 5.02 Å². The third kappa shape index (κ3) is 3.49. The molecule has 0 saturated carbocycles. The van der Waals surface area contributed by atoms with E-state index in [9.17, 15) is 9.59 Å². The van der Waals surface area contributed by atoms with Gasteiger partial charge in [-0.15, -0.1) is 11.8 Å². The third-order valence-corrected chi connectivity index (χ3v) is 4.60. The van der Waals surface area contributed by atoms with Crippen molar-refractivity contribution >= 4 is 46.1 Å². The Balaban J connectivity index is 1.74. The molecule has 0 atom stereocenters. The largest absolute Gasteiger partial charge is 0.419 e. The molecule has 24 heavy (non-hydrogen) atoms. The Kier molecular flexibility index (Phi) is 4.97. The highest BCUT2D eigenvalue weighted by atomic mass is 35.5. The fourth-order valence-electron chi connectivity index (χ4n) is 2.42. The van der Waals surface area contributed by atoms with Crippen LogP contribution in [0.4, 0.5) is 5.69 Å². The van der Waals surface area contributed by atoms with E-state index < -0.39 is 5.76 Å². The van der Waals surface area contributed by atoms with Gasteiger partial charge in [-0.3, -0.25) is 9.36 Å². The van der Waals surface area contributed by atoms with Crippen molar-refractivity contribution in [2.45, 2.75) is 17.9 Å². The number of nitrogens with one attached hydrogen (secondary N) is 1. The summed E-state index contributed by atoms with van der Waals surface area (Å²) in [5.41, 5.74) is 1.81.